The Kier molecular flexibility index (Phi) is 4.53. The summed E-state index contributed by atoms with van der Waals surface area (Å²) in [6, 6.07) is 14.9. The van der Waals surface area contributed by atoms with Crippen LogP contribution in [0.5, 0.6) is 0 Å². The van der Waals surface area contributed by atoms with Gasteiger partial charge in [-0.2, -0.15) is 0 Å². The molecule has 1 heterocycles. The van der Waals surface area contributed by atoms with Crippen LogP contribution < -0.4 is 5.73 Å². The van der Waals surface area contributed by atoms with E-state index in [2.05, 4.69) is 21.7 Å². The molecule has 1 atom stereocenters. The number of nitrogens with zero attached hydrogens (tertiary/aromatic N) is 2. The molecule has 3 nitrogen and oxygen atoms in total. The van der Waals surface area contributed by atoms with E-state index >= 15 is 0 Å². The molecule has 0 saturated heterocycles. The van der Waals surface area contributed by atoms with Gasteiger partial charge < -0.3 is 10.3 Å². The highest BCUT2D eigenvalue weighted by Crippen LogP contribution is 2.22. The smallest absolute Gasteiger partial charge is 0.123 e. The molecule has 3 aromatic rings. The van der Waals surface area contributed by atoms with Crippen molar-refractivity contribution in [1.82, 2.24) is 9.55 Å². The van der Waals surface area contributed by atoms with Crippen LogP contribution in [0, 0.1) is 5.82 Å². The average molecular weight is 309 g/mol. The molecule has 0 amide bonds. The maximum Gasteiger partial charge on any atom is 0.123 e. The highest BCUT2D eigenvalue weighted by Gasteiger charge is 2.07. The van der Waals surface area contributed by atoms with Crippen molar-refractivity contribution in [2.45, 2.75) is 25.9 Å². The molecule has 0 aliphatic carbocycles. The first-order valence-corrected chi connectivity index (χ1v) is 7.74. The topological polar surface area (TPSA) is 43.8 Å². The lowest BCUT2D eigenvalue weighted by Crippen LogP contribution is -2.05. The molecule has 0 saturated carbocycles. The van der Waals surface area contributed by atoms with Crippen LogP contribution >= 0.6 is 0 Å². The number of aryl methyl sites for hydroxylation is 2. The third-order valence-electron chi connectivity index (χ3n) is 3.98. The number of rotatable bonds is 5. The van der Waals surface area contributed by atoms with E-state index in [4.69, 9.17) is 5.73 Å². The van der Waals surface area contributed by atoms with Gasteiger partial charge in [-0.25, -0.2) is 9.37 Å². The second kappa shape index (κ2) is 6.75. The van der Waals surface area contributed by atoms with E-state index in [1.165, 1.54) is 12.1 Å². The molecule has 0 unspecified atom stereocenters. The van der Waals surface area contributed by atoms with Crippen LogP contribution in [0.25, 0.3) is 11.3 Å². The molecule has 118 valence electrons. The fraction of sp³-hybridized carbons (Fsp3) is 0.211. The summed E-state index contributed by atoms with van der Waals surface area (Å²) >= 11 is 0. The number of imidazole rings is 1. The normalized spacial score (nSPS) is 12.3. The molecule has 2 N–H and O–H groups in total. The molecule has 0 aliphatic rings. The van der Waals surface area contributed by atoms with Crippen LogP contribution in [0.4, 0.5) is 4.39 Å². The number of hydrogen-bond donors (Lipinski definition) is 1. The summed E-state index contributed by atoms with van der Waals surface area (Å²) in [4.78, 5) is 4.27. The highest BCUT2D eigenvalue weighted by atomic mass is 19.1. The molecule has 2 aromatic carbocycles. The third-order valence-corrected chi connectivity index (χ3v) is 3.98. The van der Waals surface area contributed by atoms with Gasteiger partial charge in [-0.15, -0.1) is 0 Å². The number of benzene rings is 2. The second-order valence-corrected chi connectivity index (χ2v) is 5.76. The zero-order valence-electron chi connectivity index (χ0n) is 13.1. The fourth-order valence-electron chi connectivity index (χ4n) is 2.62. The van der Waals surface area contributed by atoms with Gasteiger partial charge in [0, 0.05) is 18.2 Å². The Bertz CT molecular complexity index is 775. The van der Waals surface area contributed by atoms with Gasteiger partial charge in [-0.05, 0) is 42.7 Å². The first-order chi connectivity index (χ1) is 11.1. The molecular formula is C19H20FN3. The van der Waals surface area contributed by atoms with Crippen molar-refractivity contribution in [2.24, 2.45) is 5.73 Å². The van der Waals surface area contributed by atoms with Gasteiger partial charge in [0.15, 0.2) is 0 Å². The lowest BCUT2D eigenvalue weighted by atomic mass is 10.0. The molecule has 0 spiro atoms. The Morgan fingerprint density at radius 1 is 1.17 bits per heavy atom. The number of hydrogen-bond acceptors (Lipinski definition) is 2. The van der Waals surface area contributed by atoms with Gasteiger partial charge >= 0.3 is 0 Å². The van der Waals surface area contributed by atoms with Crippen molar-refractivity contribution in [3.8, 4) is 11.3 Å². The summed E-state index contributed by atoms with van der Waals surface area (Å²) in [7, 11) is 0. The summed E-state index contributed by atoms with van der Waals surface area (Å²) < 4.78 is 15.1. The second-order valence-electron chi connectivity index (χ2n) is 5.76. The van der Waals surface area contributed by atoms with Crippen LogP contribution in [-0.4, -0.2) is 9.55 Å². The monoisotopic (exact) mass is 309 g/mol. The van der Waals surface area contributed by atoms with Crippen molar-refractivity contribution in [2.75, 3.05) is 0 Å². The quantitative estimate of drug-likeness (QED) is 0.775. The van der Waals surface area contributed by atoms with Gasteiger partial charge in [-0.3, -0.25) is 0 Å². The summed E-state index contributed by atoms with van der Waals surface area (Å²) in [5.74, 6) is -0.204. The predicted octanol–water partition coefficient (Wildman–Crippen LogP) is 3.95. The SMILES string of the molecule is C[C@@H](N)c1cccc(-c2cncn2CCc2ccc(F)cc2)c1. The van der Waals surface area contributed by atoms with Crippen LogP contribution in [-0.2, 0) is 13.0 Å². The van der Waals surface area contributed by atoms with Gasteiger partial charge in [0.25, 0.3) is 0 Å². The van der Waals surface area contributed by atoms with Gasteiger partial charge in [0.05, 0.1) is 18.2 Å². The third kappa shape index (κ3) is 3.66. The molecule has 0 bridgehead atoms. The van der Waals surface area contributed by atoms with Crippen LogP contribution in [0.15, 0.2) is 61.1 Å². The Morgan fingerprint density at radius 2 is 1.96 bits per heavy atom. The van der Waals surface area contributed by atoms with Gasteiger partial charge in [-0.1, -0.05) is 30.3 Å². The molecule has 4 heteroatoms. The van der Waals surface area contributed by atoms with Gasteiger partial charge in [0.2, 0.25) is 0 Å². The van der Waals surface area contributed by atoms with Crippen LogP contribution in [0.1, 0.15) is 24.1 Å². The van der Waals surface area contributed by atoms with Crippen molar-refractivity contribution < 1.29 is 4.39 Å². The lowest BCUT2D eigenvalue weighted by Gasteiger charge is -2.11. The van der Waals surface area contributed by atoms with E-state index in [1.54, 1.807) is 0 Å². The summed E-state index contributed by atoms with van der Waals surface area (Å²) in [5.41, 5.74) is 10.4. The van der Waals surface area contributed by atoms with Crippen molar-refractivity contribution in [3.63, 3.8) is 0 Å². The largest absolute Gasteiger partial charge is 0.330 e. The maximum atomic E-state index is 13.0. The van der Waals surface area contributed by atoms with E-state index in [0.29, 0.717) is 0 Å². The molecular weight excluding hydrogens is 289 g/mol. The Morgan fingerprint density at radius 3 is 2.70 bits per heavy atom. The minimum Gasteiger partial charge on any atom is -0.330 e. The lowest BCUT2D eigenvalue weighted by molar-refractivity contribution is 0.625. The van der Waals surface area contributed by atoms with E-state index in [9.17, 15) is 4.39 Å². The minimum atomic E-state index is -0.204. The van der Waals surface area contributed by atoms with E-state index < -0.39 is 0 Å². The summed E-state index contributed by atoms with van der Waals surface area (Å²) in [5, 5.41) is 0. The average Bonchev–Trinajstić information content (AvgIpc) is 3.03. The van der Waals surface area contributed by atoms with Crippen LogP contribution in [0.3, 0.4) is 0 Å². The standard InChI is InChI=1S/C19H20FN3/c1-14(21)16-3-2-4-17(11-16)19-12-22-13-23(19)10-9-15-5-7-18(20)8-6-15/h2-8,11-14H,9-10,21H2,1H3/t14-/m1/s1. The van der Waals surface area contributed by atoms with E-state index in [-0.39, 0.29) is 11.9 Å². The van der Waals surface area contributed by atoms with Crippen molar-refractivity contribution >= 4 is 0 Å². The minimum absolute atomic E-state index is 0.00513. The molecule has 0 aliphatic heterocycles. The molecule has 0 fully saturated rings. The van der Waals surface area contributed by atoms with E-state index in [1.807, 2.05) is 43.7 Å². The first-order valence-electron chi connectivity index (χ1n) is 7.74. The Balaban J connectivity index is 1.79. The summed E-state index contributed by atoms with van der Waals surface area (Å²) in [6.07, 6.45) is 4.53. The molecule has 3 rings (SSSR count). The van der Waals surface area contributed by atoms with Crippen molar-refractivity contribution in [3.05, 3.63) is 78.0 Å². The predicted molar refractivity (Wildman–Crippen MR) is 90.4 cm³/mol. The molecule has 23 heavy (non-hydrogen) atoms. The summed E-state index contributed by atoms with van der Waals surface area (Å²) in [6.45, 7) is 2.77. The van der Waals surface area contributed by atoms with Gasteiger partial charge in [0.1, 0.15) is 5.82 Å². The molecule has 0 radical (unpaired) electrons. The first kappa shape index (κ1) is 15.4. The Hall–Kier alpha value is -2.46. The fourth-order valence-corrected chi connectivity index (χ4v) is 2.62. The number of halogens is 1. The van der Waals surface area contributed by atoms with E-state index in [0.717, 1.165) is 35.3 Å². The number of nitrogens with two attached hydrogens (primary N) is 1. The van der Waals surface area contributed by atoms with Crippen LogP contribution in [0.2, 0.25) is 0 Å². The Labute approximate surface area is 135 Å². The van der Waals surface area contributed by atoms with Crippen molar-refractivity contribution in [1.29, 1.82) is 0 Å². The maximum absolute atomic E-state index is 13.0. The zero-order valence-corrected chi connectivity index (χ0v) is 13.1. The highest BCUT2D eigenvalue weighted by molar-refractivity contribution is 5.60. The number of aromatic nitrogens is 2. The zero-order chi connectivity index (χ0) is 16.2. The molecule has 1 aromatic heterocycles.